The van der Waals surface area contributed by atoms with Crippen LogP contribution >= 0.6 is 0 Å². The summed E-state index contributed by atoms with van der Waals surface area (Å²) in [6, 6.07) is 20.0. The molecule has 58 heavy (non-hydrogen) atoms. The summed E-state index contributed by atoms with van der Waals surface area (Å²) in [5.74, 6) is 4.71. The van der Waals surface area contributed by atoms with Crippen molar-refractivity contribution < 1.29 is 9.59 Å². The predicted octanol–water partition coefficient (Wildman–Crippen LogP) is 6.89. The molecule has 0 unspecified atom stereocenters. The number of hydrogen-bond donors (Lipinski definition) is 0. The Morgan fingerprint density at radius 1 is 0.569 bits per heavy atom. The molecular weight excluding hydrogens is 729 g/mol. The van der Waals surface area contributed by atoms with E-state index < -0.39 is 11.1 Å². The summed E-state index contributed by atoms with van der Waals surface area (Å²) in [7, 11) is 3.67. The van der Waals surface area contributed by atoms with E-state index in [0.717, 1.165) is 110 Å². The molecule has 2 fully saturated rings. The number of benzene rings is 2. The molecule has 0 saturated carbocycles. The minimum atomic E-state index is -0.497. The Labute approximate surface area is 338 Å². The Morgan fingerprint density at radius 3 is 1.38 bits per heavy atom. The van der Waals surface area contributed by atoms with E-state index in [0.29, 0.717) is 11.9 Å². The fraction of sp³-hybridized carbons (Fsp3) is 0.364. The van der Waals surface area contributed by atoms with Crippen molar-refractivity contribution in [2.75, 3.05) is 46.8 Å². The number of hydrogen-bond acceptors (Lipinski definition) is 10. The Hall–Kier alpha value is -6.44. The van der Waals surface area contributed by atoms with Crippen LogP contribution in [0.25, 0.3) is 34.7 Å². The van der Waals surface area contributed by atoms with E-state index in [9.17, 15) is 9.59 Å². The molecule has 6 aromatic rings. The zero-order valence-corrected chi connectivity index (χ0v) is 33.5. The van der Waals surface area contributed by atoms with Gasteiger partial charge in [-0.1, -0.05) is 74.5 Å². The highest BCUT2D eigenvalue weighted by Gasteiger charge is 2.52. The van der Waals surface area contributed by atoms with E-state index in [1.807, 2.05) is 96.3 Å². The molecule has 2 aromatic carbocycles. The maximum absolute atomic E-state index is 13.2. The summed E-state index contributed by atoms with van der Waals surface area (Å²) in [5, 5.41) is 0. The summed E-state index contributed by atoms with van der Waals surface area (Å²) >= 11 is 0. The van der Waals surface area contributed by atoms with E-state index >= 15 is 0 Å². The molecule has 0 bridgehead atoms. The number of carbonyl (C=O) groups is 2. The van der Waals surface area contributed by atoms with Gasteiger partial charge >= 0.3 is 0 Å². The molecule has 14 heteroatoms. The lowest BCUT2D eigenvalue weighted by Crippen LogP contribution is -2.64. The third-order valence-corrected chi connectivity index (χ3v) is 12.5. The van der Waals surface area contributed by atoms with Crippen molar-refractivity contribution in [2.24, 2.45) is 0 Å². The number of anilines is 4. The van der Waals surface area contributed by atoms with Crippen LogP contribution in [-0.2, 0) is 9.59 Å². The van der Waals surface area contributed by atoms with E-state index in [1.165, 1.54) is 0 Å². The van der Waals surface area contributed by atoms with Crippen molar-refractivity contribution in [3.63, 3.8) is 0 Å². The molecule has 0 N–H and O–H groups in total. The second-order valence-corrected chi connectivity index (χ2v) is 15.4. The number of likely N-dealkylation sites (N-methyl/N-ethyl adjacent to an activating group) is 2. The molecule has 0 spiro atoms. The molecule has 10 rings (SSSR count). The van der Waals surface area contributed by atoms with E-state index in [-0.39, 0.29) is 11.8 Å². The average molecular weight is 777 g/mol. The number of piperidine rings is 2. The summed E-state index contributed by atoms with van der Waals surface area (Å²) in [5.41, 5.74) is 2.56. The van der Waals surface area contributed by atoms with Gasteiger partial charge in [0.15, 0.2) is 11.6 Å². The molecule has 4 aliphatic rings. The van der Waals surface area contributed by atoms with Gasteiger partial charge in [-0.2, -0.15) is 9.97 Å². The van der Waals surface area contributed by atoms with Crippen LogP contribution in [0.3, 0.4) is 0 Å². The van der Waals surface area contributed by atoms with Crippen LogP contribution in [0.2, 0.25) is 0 Å². The first-order valence-corrected chi connectivity index (χ1v) is 20.4. The summed E-state index contributed by atoms with van der Waals surface area (Å²) in [6.07, 6.45) is 18.4. The molecule has 8 heterocycles. The zero-order chi connectivity index (χ0) is 40.0. The highest BCUT2D eigenvalue weighted by molar-refractivity contribution is 6.08. The van der Waals surface area contributed by atoms with Crippen molar-refractivity contribution in [3.05, 3.63) is 97.8 Å². The molecule has 2 atom stereocenters. The van der Waals surface area contributed by atoms with Gasteiger partial charge in [0.1, 0.15) is 34.1 Å². The number of fused-ring (bicyclic) bond motifs is 6. The largest absolute Gasteiger partial charge is 0.340 e. The second-order valence-electron chi connectivity index (χ2n) is 15.4. The Morgan fingerprint density at radius 2 is 0.983 bits per heavy atom. The number of amides is 2. The second kappa shape index (κ2) is 14.8. The van der Waals surface area contributed by atoms with E-state index in [4.69, 9.17) is 9.97 Å². The number of carbonyl (C=O) groups excluding carboxylic acids is 2. The first-order valence-electron chi connectivity index (χ1n) is 20.4. The van der Waals surface area contributed by atoms with E-state index in [2.05, 4.69) is 43.6 Å². The molecule has 0 aliphatic carbocycles. The van der Waals surface area contributed by atoms with Crippen molar-refractivity contribution in [1.82, 2.24) is 39.0 Å². The van der Waals surface area contributed by atoms with Gasteiger partial charge in [-0.25, -0.2) is 19.9 Å². The molecule has 4 aromatic heterocycles. The minimum absolute atomic E-state index is 0.149. The van der Waals surface area contributed by atoms with Gasteiger partial charge in [-0.05, 0) is 51.4 Å². The van der Waals surface area contributed by atoms with Gasteiger partial charge < -0.3 is 19.6 Å². The lowest BCUT2D eigenvalue weighted by Gasteiger charge is -2.51. The monoisotopic (exact) mass is 776 g/mol. The summed E-state index contributed by atoms with van der Waals surface area (Å²) in [6.45, 7) is 5.87. The number of nitrogens with zero attached hydrogens (tertiary/aromatic N) is 12. The standard InChI is InChI=1S/2C22H24N6O/c2*1-3-22-11-7-8-13-28(22)19-17(26(2)20(22)29)15-24-21(25-19)27-14-12-23-18(27)16-9-5-4-6-10-16/h2*4-6,9-10,12,14-15H,3,7-8,11,13H2,1-2H3/t2*22-/m10/s1. The van der Waals surface area contributed by atoms with E-state index in [1.54, 1.807) is 34.6 Å². The normalized spacial score (nSPS) is 21.1. The molecule has 0 radical (unpaired) electrons. The lowest BCUT2D eigenvalue weighted by molar-refractivity contribution is -0.125. The van der Waals surface area contributed by atoms with Crippen molar-refractivity contribution >= 4 is 34.8 Å². The fourth-order valence-corrected chi connectivity index (χ4v) is 9.36. The van der Waals surface area contributed by atoms with Crippen LogP contribution in [0.4, 0.5) is 23.0 Å². The lowest BCUT2D eigenvalue weighted by atomic mass is 9.81. The van der Waals surface area contributed by atoms with Gasteiger partial charge in [0.2, 0.25) is 11.9 Å². The Kier molecular flexibility index (Phi) is 9.49. The molecule has 4 aliphatic heterocycles. The van der Waals surface area contributed by atoms with Gasteiger partial charge in [0.25, 0.3) is 11.8 Å². The first-order chi connectivity index (χ1) is 28.3. The molecule has 296 valence electrons. The number of aromatic nitrogens is 8. The minimum Gasteiger partial charge on any atom is -0.340 e. The fourth-order valence-electron chi connectivity index (χ4n) is 9.36. The van der Waals surface area contributed by atoms with Crippen LogP contribution in [0.1, 0.15) is 65.2 Å². The van der Waals surface area contributed by atoms with Crippen LogP contribution in [0, 0.1) is 0 Å². The van der Waals surface area contributed by atoms with Crippen molar-refractivity contribution in [2.45, 2.75) is 76.3 Å². The molecular formula is C44H48N12O2. The van der Waals surface area contributed by atoms with Crippen molar-refractivity contribution in [1.29, 1.82) is 0 Å². The summed E-state index contributed by atoms with van der Waals surface area (Å²) in [4.78, 5) is 62.5. The molecule has 14 nitrogen and oxygen atoms in total. The highest BCUT2D eigenvalue weighted by atomic mass is 16.2. The van der Waals surface area contributed by atoms with Crippen LogP contribution < -0.4 is 19.6 Å². The Balaban J connectivity index is 0.000000150. The van der Waals surface area contributed by atoms with Gasteiger partial charge in [0, 0.05) is 63.1 Å². The predicted molar refractivity (Wildman–Crippen MR) is 224 cm³/mol. The first kappa shape index (κ1) is 37.2. The average Bonchev–Trinajstić information content (AvgIpc) is 3.99. The van der Waals surface area contributed by atoms with Crippen LogP contribution in [0.5, 0.6) is 0 Å². The quantitative estimate of drug-likeness (QED) is 0.176. The Bertz CT molecular complexity index is 2300. The van der Waals surface area contributed by atoms with Gasteiger partial charge in [-0.15, -0.1) is 0 Å². The number of imidazole rings is 2. The van der Waals surface area contributed by atoms with Crippen LogP contribution in [-0.4, -0.2) is 89.1 Å². The molecule has 2 amide bonds. The maximum atomic E-state index is 13.2. The SMILES string of the molecule is CC[C@@]12CCCCN1c1nc(-n3ccnc3-c3ccccc3)ncc1N(C)C2=O.CC[C@]12CCCCN1c1nc(-n3ccnc3-c3ccccc3)ncc1N(C)C2=O. The zero-order valence-electron chi connectivity index (χ0n) is 33.5. The number of rotatable bonds is 6. The van der Waals surface area contributed by atoms with Crippen LogP contribution in [0.15, 0.2) is 97.8 Å². The van der Waals surface area contributed by atoms with Crippen molar-refractivity contribution in [3.8, 4) is 34.7 Å². The van der Waals surface area contributed by atoms with Gasteiger partial charge in [-0.3, -0.25) is 18.7 Å². The third kappa shape index (κ3) is 5.83. The topological polar surface area (TPSA) is 134 Å². The third-order valence-electron chi connectivity index (χ3n) is 12.5. The smallest absolute Gasteiger partial charge is 0.252 e. The maximum Gasteiger partial charge on any atom is 0.252 e. The molecule has 2 saturated heterocycles. The van der Waals surface area contributed by atoms with Gasteiger partial charge in [0.05, 0.1) is 12.4 Å². The summed E-state index contributed by atoms with van der Waals surface area (Å²) < 4.78 is 3.81. The highest BCUT2D eigenvalue weighted by Crippen LogP contribution is 2.46.